The Morgan fingerprint density at radius 1 is 1.33 bits per heavy atom. The van der Waals surface area contributed by atoms with Crippen molar-refractivity contribution in [3.63, 3.8) is 0 Å². The molecule has 2 aromatic heterocycles. The van der Waals surface area contributed by atoms with Crippen LogP contribution in [0, 0.1) is 5.82 Å². The molecule has 1 aliphatic heterocycles. The molecule has 3 heterocycles. The third-order valence-corrected chi connectivity index (χ3v) is 5.43. The van der Waals surface area contributed by atoms with E-state index in [4.69, 9.17) is 4.42 Å². The zero-order valence-corrected chi connectivity index (χ0v) is 16.4. The van der Waals surface area contributed by atoms with Gasteiger partial charge in [0, 0.05) is 25.2 Å². The van der Waals surface area contributed by atoms with Gasteiger partial charge >= 0.3 is 5.69 Å². The van der Waals surface area contributed by atoms with Gasteiger partial charge in [0.2, 0.25) is 11.8 Å². The highest BCUT2D eigenvalue weighted by molar-refractivity contribution is 5.77. The van der Waals surface area contributed by atoms with E-state index in [1.54, 1.807) is 23.2 Å². The Labute approximate surface area is 171 Å². The molecule has 8 nitrogen and oxygen atoms in total. The molecule has 156 valence electrons. The number of aromatic nitrogens is 3. The summed E-state index contributed by atoms with van der Waals surface area (Å²) in [4.78, 5) is 44.2. The zero-order chi connectivity index (χ0) is 21.3. The molecule has 1 aliphatic rings. The molecular formula is C21H21FN4O4. The second-order valence-electron chi connectivity index (χ2n) is 7.60. The average molecular weight is 412 g/mol. The number of nitrogens with zero attached hydrogens (tertiary/aromatic N) is 3. The van der Waals surface area contributed by atoms with Crippen LogP contribution in [0.5, 0.6) is 0 Å². The highest BCUT2D eigenvalue weighted by atomic mass is 19.1. The van der Waals surface area contributed by atoms with Gasteiger partial charge in [0.15, 0.2) is 0 Å². The van der Waals surface area contributed by atoms with Crippen LogP contribution < -0.4 is 11.2 Å². The topological polar surface area (TPSA) is 101 Å². The normalized spacial score (nSPS) is 18.7. The molecular weight excluding hydrogens is 391 g/mol. The van der Waals surface area contributed by atoms with Crippen molar-refractivity contribution in [3.05, 3.63) is 86.6 Å². The van der Waals surface area contributed by atoms with Crippen molar-refractivity contribution in [2.45, 2.75) is 38.3 Å². The molecule has 0 radical (unpaired) electrons. The second kappa shape index (κ2) is 7.74. The second-order valence-corrected chi connectivity index (χ2v) is 7.60. The Bertz CT molecular complexity index is 1200. The van der Waals surface area contributed by atoms with E-state index in [2.05, 4.69) is 9.97 Å². The van der Waals surface area contributed by atoms with Crippen molar-refractivity contribution >= 4 is 5.91 Å². The highest BCUT2D eigenvalue weighted by Gasteiger charge is 2.44. The lowest BCUT2D eigenvalue weighted by atomic mass is 9.99. The average Bonchev–Trinajstić information content (AvgIpc) is 3.32. The van der Waals surface area contributed by atoms with Gasteiger partial charge in [-0.1, -0.05) is 12.1 Å². The number of likely N-dealkylation sites (tertiary alicyclic amines) is 1. The van der Waals surface area contributed by atoms with Gasteiger partial charge in [-0.25, -0.2) is 14.2 Å². The number of amides is 1. The summed E-state index contributed by atoms with van der Waals surface area (Å²) < 4.78 is 20.5. The van der Waals surface area contributed by atoms with Gasteiger partial charge in [0.25, 0.3) is 5.56 Å². The first-order valence-electron chi connectivity index (χ1n) is 9.65. The smallest absolute Gasteiger partial charge is 0.328 e. The van der Waals surface area contributed by atoms with E-state index in [-0.39, 0.29) is 18.3 Å². The summed E-state index contributed by atoms with van der Waals surface area (Å²) >= 11 is 0. The van der Waals surface area contributed by atoms with E-state index < -0.39 is 16.8 Å². The Morgan fingerprint density at radius 3 is 2.93 bits per heavy atom. The van der Waals surface area contributed by atoms with Gasteiger partial charge in [-0.2, -0.15) is 0 Å². The van der Waals surface area contributed by atoms with Gasteiger partial charge in [0.05, 0.1) is 6.20 Å². The van der Waals surface area contributed by atoms with Crippen LogP contribution in [0.2, 0.25) is 0 Å². The Balaban J connectivity index is 1.54. The van der Waals surface area contributed by atoms with Gasteiger partial charge in [0.1, 0.15) is 23.7 Å². The lowest BCUT2D eigenvalue weighted by Crippen LogP contribution is -2.46. The lowest BCUT2D eigenvalue weighted by molar-refractivity contribution is -0.136. The van der Waals surface area contributed by atoms with E-state index in [9.17, 15) is 18.8 Å². The van der Waals surface area contributed by atoms with Crippen LogP contribution in [-0.2, 0) is 23.3 Å². The Morgan fingerprint density at radius 2 is 2.17 bits per heavy atom. The number of benzene rings is 1. The van der Waals surface area contributed by atoms with Crippen molar-refractivity contribution in [1.29, 1.82) is 0 Å². The summed E-state index contributed by atoms with van der Waals surface area (Å²) in [5, 5.41) is 0. The molecule has 4 rings (SSSR count). The molecule has 1 aromatic carbocycles. The van der Waals surface area contributed by atoms with Gasteiger partial charge in [-0.3, -0.25) is 19.1 Å². The number of hydrogen-bond donors (Lipinski definition) is 1. The van der Waals surface area contributed by atoms with Crippen LogP contribution in [0.4, 0.5) is 4.39 Å². The molecule has 1 saturated heterocycles. The van der Waals surface area contributed by atoms with Crippen LogP contribution in [0.3, 0.4) is 0 Å². The third-order valence-electron chi connectivity index (χ3n) is 5.43. The number of carbonyl (C=O) groups is 1. The minimum atomic E-state index is -0.747. The number of rotatable bonds is 5. The van der Waals surface area contributed by atoms with Crippen LogP contribution in [0.15, 0.2) is 56.7 Å². The summed E-state index contributed by atoms with van der Waals surface area (Å²) in [7, 11) is 0. The lowest BCUT2D eigenvalue weighted by Gasteiger charge is -2.32. The number of oxazole rings is 1. The summed E-state index contributed by atoms with van der Waals surface area (Å²) in [6.45, 7) is 2.20. The minimum absolute atomic E-state index is 0.192. The fraction of sp³-hybridized carbons (Fsp3) is 0.333. The summed E-state index contributed by atoms with van der Waals surface area (Å²) in [6, 6.07) is 7.47. The van der Waals surface area contributed by atoms with E-state index in [1.165, 1.54) is 24.4 Å². The Kier molecular flexibility index (Phi) is 5.11. The number of carbonyl (C=O) groups excluding carboxylic acids is 1. The van der Waals surface area contributed by atoms with Crippen molar-refractivity contribution in [2.24, 2.45) is 0 Å². The van der Waals surface area contributed by atoms with Gasteiger partial charge in [-0.15, -0.1) is 0 Å². The molecule has 1 atom stereocenters. The van der Waals surface area contributed by atoms with Crippen LogP contribution in [0.1, 0.15) is 37.0 Å². The fourth-order valence-corrected chi connectivity index (χ4v) is 3.87. The largest absolute Gasteiger partial charge is 0.443 e. The van der Waals surface area contributed by atoms with E-state index >= 15 is 0 Å². The Hall–Kier alpha value is -3.49. The molecule has 1 amide bonds. The van der Waals surface area contributed by atoms with Gasteiger partial charge < -0.3 is 9.32 Å². The molecule has 0 unspecified atom stereocenters. The first-order chi connectivity index (χ1) is 14.3. The standard InChI is InChI=1S/C21H21FN4O4/c1-21(19-23-12-16(30-19)11-14-4-2-5-15(22)10-14)7-3-8-26(21)18(28)13-25-9-6-17(27)24-20(25)29/h2,4-6,9-10,12H,3,7-8,11,13H2,1H3,(H,24,27,29)/t21-/m0/s1. The molecule has 0 saturated carbocycles. The van der Waals surface area contributed by atoms with E-state index in [0.29, 0.717) is 31.0 Å². The number of halogens is 1. The number of hydrogen-bond acceptors (Lipinski definition) is 5. The van der Waals surface area contributed by atoms with Crippen LogP contribution >= 0.6 is 0 Å². The molecule has 3 aromatic rings. The molecule has 1 fully saturated rings. The predicted octanol–water partition coefficient (Wildman–Crippen LogP) is 1.79. The first-order valence-corrected chi connectivity index (χ1v) is 9.65. The maximum Gasteiger partial charge on any atom is 0.328 e. The van der Waals surface area contributed by atoms with E-state index in [0.717, 1.165) is 16.6 Å². The number of nitrogens with one attached hydrogen (secondary N) is 1. The van der Waals surface area contributed by atoms with Gasteiger partial charge in [-0.05, 0) is 37.5 Å². The summed E-state index contributed by atoms with van der Waals surface area (Å²) in [5.74, 6) is 0.403. The quantitative estimate of drug-likeness (QED) is 0.689. The molecule has 9 heteroatoms. The van der Waals surface area contributed by atoms with Crippen molar-refractivity contribution in [2.75, 3.05) is 6.54 Å². The molecule has 0 spiro atoms. The van der Waals surface area contributed by atoms with Crippen LogP contribution in [-0.4, -0.2) is 31.9 Å². The predicted molar refractivity (Wildman–Crippen MR) is 105 cm³/mol. The maximum absolute atomic E-state index is 13.4. The molecule has 0 bridgehead atoms. The number of aromatic amines is 1. The molecule has 30 heavy (non-hydrogen) atoms. The fourth-order valence-electron chi connectivity index (χ4n) is 3.87. The van der Waals surface area contributed by atoms with Crippen molar-refractivity contribution in [3.8, 4) is 0 Å². The van der Waals surface area contributed by atoms with Crippen molar-refractivity contribution < 1.29 is 13.6 Å². The minimum Gasteiger partial charge on any atom is -0.443 e. The zero-order valence-electron chi connectivity index (χ0n) is 16.4. The third kappa shape index (κ3) is 3.83. The monoisotopic (exact) mass is 412 g/mol. The molecule has 1 N–H and O–H groups in total. The SMILES string of the molecule is C[C@@]1(c2ncc(Cc3cccc(F)c3)o2)CCCN1C(=O)Cn1ccc(=O)[nH]c1=O. The maximum atomic E-state index is 13.4. The summed E-state index contributed by atoms with van der Waals surface area (Å²) in [6.07, 6.45) is 4.72. The van der Waals surface area contributed by atoms with Crippen molar-refractivity contribution in [1.82, 2.24) is 19.4 Å². The molecule has 0 aliphatic carbocycles. The van der Waals surface area contributed by atoms with E-state index in [1.807, 2.05) is 6.92 Å². The number of H-pyrrole nitrogens is 1. The highest BCUT2D eigenvalue weighted by Crippen LogP contribution is 2.38. The first kappa shape index (κ1) is 19.8. The van der Waals surface area contributed by atoms with Crippen LogP contribution in [0.25, 0.3) is 0 Å². The summed E-state index contributed by atoms with van der Waals surface area (Å²) in [5.41, 5.74) is -1.13.